The maximum atomic E-state index is 13.7. The second-order valence-electron chi connectivity index (χ2n) is 8.84. The van der Waals surface area contributed by atoms with E-state index < -0.39 is 23.3 Å². The molecule has 0 radical (unpaired) electrons. The lowest BCUT2D eigenvalue weighted by Gasteiger charge is -2.40. The number of amides is 2. The summed E-state index contributed by atoms with van der Waals surface area (Å²) in [6.07, 6.45) is 0.264. The summed E-state index contributed by atoms with van der Waals surface area (Å²) in [5, 5.41) is 0.688. The van der Waals surface area contributed by atoms with Gasteiger partial charge in [0.2, 0.25) is 11.8 Å². The van der Waals surface area contributed by atoms with Crippen LogP contribution in [0, 0.1) is 11.8 Å². The number of amidine groups is 1. The molecule has 3 heterocycles. The lowest BCUT2D eigenvalue weighted by Crippen LogP contribution is -2.61. The monoisotopic (exact) mass is 477 g/mol. The molecule has 0 bridgehead atoms. The molecule has 2 fully saturated rings. The van der Waals surface area contributed by atoms with Crippen LogP contribution in [0.4, 0.5) is 0 Å². The van der Waals surface area contributed by atoms with E-state index in [-0.39, 0.29) is 30.8 Å². The summed E-state index contributed by atoms with van der Waals surface area (Å²) in [6.45, 7) is 2.46. The predicted octanol–water partition coefficient (Wildman–Crippen LogP) is 2.75. The van der Waals surface area contributed by atoms with Crippen molar-refractivity contribution >= 4 is 34.7 Å². The van der Waals surface area contributed by atoms with Crippen LogP contribution in [0.25, 0.3) is 0 Å². The van der Waals surface area contributed by atoms with Crippen molar-refractivity contribution in [3.05, 3.63) is 71.8 Å². The van der Waals surface area contributed by atoms with Crippen molar-refractivity contribution in [1.82, 2.24) is 9.80 Å². The second-order valence-corrected chi connectivity index (χ2v) is 9.78. The fourth-order valence-electron chi connectivity index (χ4n) is 5.73. The van der Waals surface area contributed by atoms with Crippen LogP contribution in [-0.2, 0) is 31.3 Å². The van der Waals surface area contributed by atoms with Crippen LogP contribution >= 0.6 is 11.8 Å². The van der Waals surface area contributed by atoms with Gasteiger partial charge in [0.15, 0.2) is 10.7 Å². The summed E-state index contributed by atoms with van der Waals surface area (Å²) in [7, 11) is 1.35. The number of rotatable bonds is 6. The lowest BCUT2D eigenvalue weighted by molar-refractivity contribution is -0.158. The molecule has 2 aromatic rings. The van der Waals surface area contributed by atoms with Gasteiger partial charge in [-0.25, -0.2) is 4.79 Å². The van der Waals surface area contributed by atoms with E-state index in [9.17, 15) is 14.4 Å². The SMILES string of the molecule is CCN1C(=O)[C@H]2[C@H]3CN=C(SCc4ccccc4)N3[C@@](Cc3ccccc3)(C(=O)OC)[C@H]2C1=O. The van der Waals surface area contributed by atoms with E-state index in [0.717, 1.165) is 11.1 Å². The molecule has 34 heavy (non-hydrogen) atoms. The highest BCUT2D eigenvalue weighted by Crippen LogP contribution is 2.53. The topological polar surface area (TPSA) is 79.3 Å². The summed E-state index contributed by atoms with van der Waals surface area (Å²) >= 11 is 1.53. The number of carbonyl (C=O) groups is 3. The van der Waals surface area contributed by atoms with Crippen LogP contribution in [0.5, 0.6) is 0 Å². The number of fused-ring (bicyclic) bond motifs is 3. The first-order chi connectivity index (χ1) is 16.5. The maximum absolute atomic E-state index is 13.7. The Bertz CT molecular complexity index is 1140. The van der Waals surface area contributed by atoms with Gasteiger partial charge in [0.1, 0.15) is 0 Å². The molecular weight excluding hydrogens is 450 g/mol. The fourth-order valence-corrected chi connectivity index (χ4v) is 6.82. The summed E-state index contributed by atoms with van der Waals surface area (Å²) in [5.41, 5.74) is 0.706. The quantitative estimate of drug-likeness (QED) is 0.470. The third-order valence-electron chi connectivity index (χ3n) is 7.13. The number of esters is 1. The van der Waals surface area contributed by atoms with Crippen molar-refractivity contribution < 1.29 is 19.1 Å². The van der Waals surface area contributed by atoms with Crippen LogP contribution in [0.1, 0.15) is 18.1 Å². The lowest BCUT2D eigenvalue weighted by atomic mass is 9.76. The molecule has 3 aliphatic heterocycles. The number of thioether (sulfide) groups is 1. The highest BCUT2D eigenvalue weighted by molar-refractivity contribution is 8.13. The van der Waals surface area contributed by atoms with E-state index in [1.54, 1.807) is 6.92 Å². The number of ether oxygens (including phenoxy) is 1. The first kappa shape index (κ1) is 22.7. The molecule has 2 saturated heterocycles. The Morgan fingerprint density at radius 1 is 1.06 bits per heavy atom. The number of hydrogen-bond donors (Lipinski definition) is 0. The molecule has 176 valence electrons. The van der Waals surface area contributed by atoms with Gasteiger partial charge in [-0.15, -0.1) is 0 Å². The summed E-state index contributed by atoms with van der Waals surface area (Å²) in [6, 6.07) is 19.3. The van der Waals surface area contributed by atoms with E-state index in [1.807, 2.05) is 65.6 Å². The number of aliphatic imine (C=N–C) groups is 1. The van der Waals surface area contributed by atoms with E-state index >= 15 is 0 Å². The third-order valence-corrected chi connectivity index (χ3v) is 8.20. The minimum atomic E-state index is -1.33. The second kappa shape index (κ2) is 8.91. The number of imide groups is 1. The van der Waals surface area contributed by atoms with Gasteiger partial charge in [0.05, 0.1) is 31.5 Å². The molecule has 7 nitrogen and oxygen atoms in total. The van der Waals surface area contributed by atoms with Crippen molar-refractivity contribution in [3.63, 3.8) is 0 Å². The van der Waals surface area contributed by atoms with Crippen LogP contribution in [0.2, 0.25) is 0 Å². The van der Waals surface area contributed by atoms with E-state index in [4.69, 9.17) is 9.73 Å². The molecule has 4 atom stereocenters. The number of carbonyl (C=O) groups excluding carboxylic acids is 3. The number of methoxy groups -OCH3 is 1. The molecule has 5 rings (SSSR count). The van der Waals surface area contributed by atoms with Gasteiger partial charge in [-0.1, -0.05) is 72.4 Å². The smallest absolute Gasteiger partial charge is 0.333 e. The highest BCUT2D eigenvalue weighted by Gasteiger charge is 2.73. The summed E-state index contributed by atoms with van der Waals surface area (Å²) in [4.78, 5) is 48.7. The molecule has 0 unspecified atom stereocenters. The molecule has 2 aromatic carbocycles. The Kier molecular flexibility index (Phi) is 5.93. The fraction of sp³-hybridized carbons (Fsp3) is 0.385. The number of likely N-dealkylation sites (tertiary alicyclic amines) is 1. The van der Waals surface area contributed by atoms with Crippen molar-refractivity contribution in [3.8, 4) is 0 Å². The average Bonchev–Trinajstić information content (AvgIpc) is 3.48. The first-order valence-corrected chi connectivity index (χ1v) is 12.5. The minimum absolute atomic E-state index is 0.212. The molecular formula is C26H27N3O4S. The van der Waals surface area contributed by atoms with Crippen LogP contribution in [-0.4, -0.2) is 64.5 Å². The largest absolute Gasteiger partial charge is 0.467 e. The molecule has 8 heteroatoms. The number of benzene rings is 2. The maximum Gasteiger partial charge on any atom is 0.333 e. The molecule has 0 saturated carbocycles. The van der Waals surface area contributed by atoms with Gasteiger partial charge in [-0.3, -0.25) is 19.5 Å². The summed E-state index contributed by atoms with van der Waals surface area (Å²) in [5.74, 6) is -1.75. The van der Waals surface area contributed by atoms with Crippen LogP contribution in [0.3, 0.4) is 0 Å². The Balaban J connectivity index is 1.59. The van der Waals surface area contributed by atoms with E-state index in [0.29, 0.717) is 17.5 Å². The Morgan fingerprint density at radius 2 is 1.71 bits per heavy atom. The number of hydrogen-bond acceptors (Lipinski definition) is 7. The van der Waals surface area contributed by atoms with Crippen molar-refractivity contribution in [2.45, 2.75) is 30.7 Å². The number of nitrogens with zero attached hydrogens (tertiary/aromatic N) is 3. The van der Waals surface area contributed by atoms with Gasteiger partial charge in [-0.2, -0.15) is 0 Å². The van der Waals surface area contributed by atoms with E-state index in [2.05, 4.69) is 0 Å². The highest BCUT2D eigenvalue weighted by atomic mass is 32.2. The normalized spacial score (nSPS) is 27.6. The molecule has 0 N–H and O–H groups in total. The first-order valence-electron chi connectivity index (χ1n) is 11.5. The van der Waals surface area contributed by atoms with Crippen LogP contribution in [0.15, 0.2) is 65.7 Å². The molecule has 3 aliphatic rings. The van der Waals surface area contributed by atoms with Gasteiger partial charge < -0.3 is 9.64 Å². The zero-order valence-electron chi connectivity index (χ0n) is 19.2. The Morgan fingerprint density at radius 3 is 2.32 bits per heavy atom. The minimum Gasteiger partial charge on any atom is -0.467 e. The third kappa shape index (κ3) is 3.35. The Hall–Kier alpha value is -3.13. The standard InChI is InChI=1S/C26H27N3O4S/c1-3-28-22(30)20-19-15-27-25(34-16-18-12-8-5-9-13-18)29(19)26(24(32)33-2,21(20)23(28)31)14-17-10-6-4-7-11-17/h4-13,19-21H,3,14-16H2,1-2H3/t19-,20+,21-,26-/m1/s1. The van der Waals surface area contributed by atoms with Crippen molar-refractivity contribution in [2.24, 2.45) is 16.8 Å². The van der Waals surface area contributed by atoms with Gasteiger partial charge >= 0.3 is 5.97 Å². The van der Waals surface area contributed by atoms with Gasteiger partial charge in [0.25, 0.3) is 0 Å². The Labute approximate surface area is 203 Å². The van der Waals surface area contributed by atoms with Crippen molar-refractivity contribution in [1.29, 1.82) is 0 Å². The summed E-state index contributed by atoms with van der Waals surface area (Å²) < 4.78 is 5.36. The molecule has 0 spiro atoms. The van der Waals surface area contributed by atoms with Crippen LogP contribution < -0.4 is 0 Å². The van der Waals surface area contributed by atoms with Gasteiger partial charge in [-0.05, 0) is 18.1 Å². The zero-order valence-corrected chi connectivity index (χ0v) is 20.0. The predicted molar refractivity (Wildman–Crippen MR) is 130 cm³/mol. The average molecular weight is 478 g/mol. The molecule has 2 amide bonds. The van der Waals surface area contributed by atoms with Gasteiger partial charge in [0, 0.05) is 18.7 Å². The molecule has 0 aliphatic carbocycles. The van der Waals surface area contributed by atoms with E-state index in [1.165, 1.54) is 23.8 Å². The van der Waals surface area contributed by atoms with Crippen molar-refractivity contribution in [2.75, 3.05) is 20.2 Å². The zero-order chi connectivity index (χ0) is 23.9. The molecule has 0 aromatic heterocycles.